The Labute approximate surface area is 122 Å². The molecule has 4 nitrogen and oxygen atoms in total. The summed E-state index contributed by atoms with van der Waals surface area (Å²) in [6, 6.07) is 8.35. The zero-order valence-corrected chi connectivity index (χ0v) is 13.3. The number of benzene rings is 1. The second-order valence-corrected chi connectivity index (χ2v) is 6.01. The lowest BCUT2D eigenvalue weighted by atomic mass is 9.98. The molecule has 1 rings (SSSR count). The van der Waals surface area contributed by atoms with E-state index < -0.39 is 0 Å². The molecule has 1 unspecified atom stereocenters. The molecule has 1 aromatic rings. The van der Waals surface area contributed by atoms with Crippen LogP contribution < -0.4 is 15.0 Å². The van der Waals surface area contributed by atoms with Crippen molar-refractivity contribution in [1.82, 2.24) is 5.32 Å². The van der Waals surface area contributed by atoms with Crippen LogP contribution in [0.2, 0.25) is 0 Å². The van der Waals surface area contributed by atoms with E-state index >= 15 is 0 Å². The summed E-state index contributed by atoms with van der Waals surface area (Å²) in [7, 11) is 4.02. The van der Waals surface area contributed by atoms with Crippen molar-refractivity contribution >= 4 is 5.69 Å². The van der Waals surface area contributed by atoms with Crippen LogP contribution in [0.5, 0.6) is 5.75 Å². The van der Waals surface area contributed by atoms with Gasteiger partial charge in [-0.25, -0.2) is 0 Å². The quantitative estimate of drug-likeness (QED) is 0.767. The summed E-state index contributed by atoms with van der Waals surface area (Å²) in [4.78, 5) is 2.05. The summed E-state index contributed by atoms with van der Waals surface area (Å²) in [5.41, 5.74) is 0.820. The maximum absolute atomic E-state index is 9.52. The highest BCUT2D eigenvalue weighted by molar-refractivity contribution is 5.49. The fraction of sp³-hybridized carbons (Fsp3) is 0.625. The molecule has 0 saturated heterocycles. The van der Waals surface area contributed by atoms with Crippen molar-refractivity contribution in [1.29, 1.82) is 0 Å². The molecule has 20 heavy (non-hydrogen) atoms. The van der Waals surface area contributed by atoms with Crippen LogP contribution in [0, 0.1) is 0 Å². The largest absolute Gasteiger partial charge is 0.493 e. The van der Waals surface area contributed by atoms with Gasteiger partial charge in [0, 0.05) is 43.9 Å². The van der Waals surface area contributed by atoms with Crippen molar-refractivity contribution in [2.45, 2.75) is 38.8 Å². The first-order valence-corrected chi connectivity index (χ1v) is 7.15. The van der Waals surface area contributed by atoms with Crippen molar-refractivity contribution in [3.63, 3.8) is 0 Å². The monoisotopic (exact) mass is 280 g/mol. The van der Waals surface area contributed by atoms with Crippen LogP contribution in [0.15, 0.2) is 24.3 Å². The van der Waals surface area contributed by atoms with Crippen molar-refractivity contribution < 1.29 is 9.84 Å². The molecule has 0 radical (unpaired) electrons. The average Bonchev–Trinajstić information content (AvgIpc) is 2.38. The highest BCUT2D eigenvalue weighted by Gasteiger charge is 2.23. The van der Waals surface area contributed by atoms with Crippen molar-refractivity contribution in [2.24, 2.45) is 0 Å². The van der Waals surface area contributed by atoms with Crippen LogP contribution in [0.4, 0.5) is 5.69 Å². The van der Waals surface area contributed by atoms with Crippen molar-refractivity contribution in [3.05, 3.63) is 24.3 Å². The Bertz CT molecular complexity index is 407. The summed E-state index contributed by atoms with van der Waals surface area (Å²) < 4.78 is 5.80. The summed E-state index contributed by atoms with van der Waals surface area (Å²) in [6.45, 7) is 6.86. The number of nitrogens with zero attached hydrogens (tertiary/aromatic N) is 1. The van der Waals surface area contributed by atoms with Gasteiger partial charge in [0.2, 0.25) is 0 Å². The molecule has 114 valence electrons. The first-order chi connectivity index (χ1) is 9.36. The van der Waals surface area contributed by atoms with Gasteiger partial charge in [0.1, 0.15) is 5.75 Å². The van der Waals surface area contributed by atoms with E-state index in [1.165, 1.54) is 0 Å². The molecular weight excluding hydrogens is 252 g/mol. The molecule has 4 heteroatoms. The number of nitrogens with one attached hydrogen (secondary N) is 1. The van der Waals surface area contributed by atoms with Crippen molar-refractivity contribution in [3.8, 4) is 5.75 Å². The molecule has 1 aromatic carbocycles. The van der Waals surface area contributed by atoms with E-state index in [0.717, 1.165) is 17.9 Å². The average molecular weight is 280 g/mol. The number of rotatable bonds is 8. The predicted octanol–water partition coefficient (Wildman–Crippen LogP) is 2.27. The van der Waals surface area contributed by atoms with Gasteiger partial charge in [-0.15, -0.1) is 0 Å². The minimum Gasteiger partial charge on any atom is -0.493 e. The molecule has 0 saturated carbocycles. The summed E-state index contributed by atoms with van der Waals surface area (Å²) in [5, 5.41) is 12.9. The fourth-order valence-electron chi connectivity index (χ4n) is 2.14. The van der Waals surface area contributed by atoms with Gasteiger partial charge >= 0.3 is 0 Å². The number of hydrogen-bond acceptors (Lipinski definition) is 4. The molecular formula is C16H28N2O2. The number of aliphatic hydroxyl groups is 1. The Kier molecular flexibility index (Phi) is 6.30. The molecule has 0 amide bonds. The van der Waals surface area contributed by atoms with E-state index in [1.807, 2.05) is 50.2 Å². The zero-order chi connectivity index (χ0) is 15.2. The Morgan fingerprint density at radius 1 is 1.35 bits per heavy atom. The first-order valence-electron chi connectivity index (χ1n) is 7.15. The van der Waals surface area contributed by atoms with Crippen LogP contribution in [-0.4, -0.2) is 44.0 Å². The number of aliphatic hydroxyl groups excluding tert-OH is 1. The van der Waals surface area contributed by atoms with E-state index in [0.29, 0.717) is 12.6 Å². The van der Waals surface area contributed by atoms with Gasteiger partial charge in [-0.2, -0.15) is 0 Å². The molecule has 0 aliphatic heterocycles. The lowest BCUT2D eigenvalue weighted by Crippen LogP contribution is -2.49. The maximum Gasteiger partial charge on any atom is 0.121 e. The number of ether oxygens (including phenoxy) is 1. The van der Waals surface area contributed by atoms with Crippen LogP contribution in [0.25, 0.3) is 0 Å². The van der Waals surface area contributed by atoms with Crippen molar-refractivity contribution in [2.75, 3.05) is 32.2 Å². The third-order valence-electron chi connectivity index (χ3n) is 3.24. The highest BCUT2D eigenvalue weighted by Crippen LogP contribution is 2.20. The third kappa shape index (κ3) is 5.39. The second-order valence-electron chi connectivity index (χ2n) is 6.01. The van der Waals surface area contributed by atoms with E-state index in [2.05, 4.69) is 19.2 Å². The van der Waals surface area contributed by atoms with Gasteiger partial charge < -0.3 is 20.1 Å². The normalized spacial score (nSPS) is 14.2. The SMILES string of the molecule is CC(C)NC(C)(CO)CCOc1cccc(N(C)C)c1. The molecule has 2 N–H and O–H groups in total. The molecule has 0 fully saturated rings. The lowest BCUT2D eigenvalue weighted by Gasteiger charge is -2.31. The Hall–Kier alpha value is -1.26. The van der Waals surface area contributed by atoms with Gasteiger partial charge in [-0.3, -0.25) is 0 Å². The Balaban J connectivity index is 2.52. The first kappa shape index (κ1) is 16.8. The molecule has 0 aliphatic rings. The zero-order valence-electron chi connectivity index (χ0n) is 13.3. The van der Waals surface area contributed by atoms with Crippen LogP contribution >= 0.6 is 0 Å². The van der Waals surface area contributed by atoms with Crippen LogP contribution in [0.1, 0.15) is 27.2 Å². The molecule has 1 atom stereocenters. The van der Waals surface area contributed by atoms with Gasteiger partial charge in [0.15, 0.2) is 0 Å². The van der Waals surface area contributed by atoms with E-state index in [-0.39, 0.29) is 12.1 Å². The standard InChI is InChI=1S/C16H28N2O2/c1-13(2)17-16(3,12-19)9-10-20-15-8-6-7-14(11-15)18(4)5/h6-8,11,13,17,19H,9-10,12H2,1-5H3. The summed E-state index contributed by atoms with van der Waals surface area (Å²) in [6.07, 6.45) is 0.758. The minimum atomic E-state index is -0.298. The van der Waals surface area contributed by atoms with E-state index in [9.17, 15) is 5.11 Å². The van der Waals surface area contributed by atoms with Crippen LogP contribution in [0.3, 0.4) is 0 Å². The van der Waals surface area contributed by atoms with Crippen LogP contribution in [-0.2, 0) is 0 Å². The van der Waals surface area contributed by atoms with E-state index in [4.69, 9.17) is 4.74 Å². The minimum absolute atomic E-state index is 0.103. The fourth-order valence-corrected chi connectivity index (χ4v) is 2.14. The predicted molar refractivity (Wildman–Crippen MR) is 84.6 cm³/mol. The number of anilines is 1. The topological polar surface area (TPSA) is 44.7 Å². The Morgan fingerprint density at radius 3 is 2.60 bits per heavy atom. The smallest absolute Gasteiger partial charge is 0.121 e. The summed E-state index contributed by atoms with van der Waals surface area (Å²) in [5.74, 6) is 0.862. The second kappa shape index (κ2) is 7.50. The molecule has 0 spiro atoms. The lowest BCUT2D eigenvalue weighted by molar-refractivity contribution is 0.136. The highest BCUT2D eigenvalue weighted by atomic mass is 16.5. The van der Waals surface area contributed by atoms with Gasteiger partial charge in [-0.05, 0) is 19.1 Å². The van der Waals surface area contributed by atoms with Gasteiger partial charge in [0.25, 0.3) is 0 Å². The van der Waals surface area contributed by atoms with Gasteiger partial charge in [-0.1, -0.05) is 19.9 Å². The Morgan fingerprint density at radius 2 is 2.05 bits per heavy atom. The number of hydrogen-bond donors (Lipinski definition) is 2. The third-order valence-corrected chi connectivity index (χ3v) is 3.24. The molecule has 0 heterocycles. The molecule has 0 bridgehead atoms. The molecule has 0 aromatic heterocycles. The van der Waals surface area contributed by atoms with E-state index in [1.54, 1.807) is 0 Å². The summed E-state index contributed by atoms with van der Waals surface area (Å²) >= 11 is 0. The maximum atomic E-state index is 9.52. The molecule has 0 aliphatic carbocycles. The van der Waals surface area contributed by atoms with Gasteiger partial charge in [0.05, 0.1) is 13.2 Å².